The highest BCUT2D eigenvalue weighted by molar-refractivity contribution is 9.11. The second-order valence-corrected chi connectivity index (χ2v) is 9.62. The number of para-hydroxylation sites is 2. The number of nitrogens with zero attached hydrogens (tertiary/aromatic N) is 1. The van der Waals surface area contributed by atoms with E-state index in [0.29, 0.717) is 15.8 Å². The Morgan fingerprint density at radius 3 is 2.61 bits per heavy atom. The number of halogens is 2. The van der Waals surface area contributed by atoms with E-state index in [1.165, 1.54) is 7.11 Å². The van der Waals surface area contributed by atoms with Gasteiger partial charge in [0, 0.05) is 10.0 Å². The molecule has 31 heavy (non-hydrogen) atoms. The number of benzene rings is 3. The second kappa shape index (κ2) is 9.44. The van der Waals surface area contributed by atoms with E-state index >= 15 is 0 Å². The molecule has 0 radical (unpaired) electrons. The van der Waals surface area contributed by atoms with Gasteiger partial charge in [-0.2, -0.15) is 0 Å². The molecule has 4 rings (SSSR count). The summed E-state index contributed by atoms with van der Waals surface area (Å²) in [6, 6.07) is 19.2. The fraction of sp³-hybridized carbons (Fsp3) is 0.0455. The number of amides is 1. The number of anilines is 1. The minimum atomic E-state index is -0.381. The number of methoxy groups -OCH3 is 1. The number of ether oxygens (including phenoxy) is 1. The molecule has 156 valence electrons. The Morgan fingerprint density at radius 2 is 1.84 bits per heavy atom. The molecule has 3 aromatic carbocycles. The zero-order chi connectivity index (χ0) is 22.0. The Morgan fingerprint density at radius 1 is 1.10 bits per heavy atom. The molecule has 0 fully saturated rings. The summed E-state index contributed by atoms with van der Waals surface area (Å²) in [5, 5.41) is 6.89. The number of nitrogens with one attached hydrogen (secondary N) is 2. The molecule has 0 aliphatic carbocycles. The number of carbonyl (C=O) groups is 1. The van der Waals surface area contributed by atoms with E-state index in [-0.39, 0.29) is 11.0 Å². The molecule has 0 aliphatic rings. The molecule has 1 amide bonds. The summed E-state index contributed by atoms with van der Waals surface area (Å²) in [7, 11) is 1.51. The lowest BCUT2D eigenvalue weighted by atomic mass is 10.2. The van der Waals surface area contributed by atoms with Gasteiger partial charge in [-0.25, -0.2) is 4.98 Å². The van der Waals surface area contributed by atoms with E-state index in [2.05, 4.69) is 42.5 Å². The predicted octanol–water partition coefficient (Wildman–Crippen LogP) is 6.62. The largest absolute Gasteiger partial charge is 0.495 e. The zero-order valence-corrected chi connectivity index (χ0v) is 20.9. The molecular weight excluding hydrogens is 562 g/mol. The quantitative estimate of drug-likeness (QED) is 0.267. The Balaban J connectivity index is 1.57. The monoisotopic (exact) mass is 575 g/mol. The molecule has 0 atom stereocenters. The van der Waals surface area contributed by atoms with Crippen LogP contribution in [0.2, 0.25) is 0 Å². The molecule has 0 spiro atoms. The summed E-state index contributed by atoms with van der Waals surface area (Å²) in [6.45, 7) is 0. The lowest BCUT2D eigenvalue weighted by Gasteiger charge is -2.14. The van der Waals surface area contributed by atoms with E-state index in [4.69, 9.17) is 21.9 Å². The van der Waals surface area contributed by atoms with Gasteiger partial charge in [0.25, 0.3) is 5.91 Å². The van der Waals surface area contributed by atoms with Crippen LogP contribution >= 0.6 is 55.4 Å². The first-order chi connectivity index (χ1) is 15.0. The summed E-state index contributed by atoms with van der Waals surface area (Å²) in [5.74, 6) is 0.0483. The van der Waals surface area contributed by atoms with Crippen molar-refractivity contribution in [2.75, 3.05) is 12.4 Å². The van der Waals surface area contributed by atoms with Crippen LogP contribution in [0.3, 0.4) is 0 Å². The van der Waals surface area contributed by atoms with Crippen LogP contribution in [-0.2, 0) is 0 Å². The Kier molecular flexibility index (Phi) is 6.66. The van der Waals surface area contributed by atoms with Crippen molar-refractivity contribution < 1.29 is 9.53 Å². The highest BCUT2D eigenvalue weighted by atomic mass is 79.9. The number of thiazole rings is 1. The van der Waals surface area contributed by atoms with Crippen molar-refractivity contribution >= 4 is 82.3 Å². The molecule has 1 aromatic heterocycles. The Bertz CT molecular complexity index is 1270. The van der Waals surface area contributed by atoms with Crippen LogP contribution < -0.4 is 15.4 Å². The third kappa shape index (κ3) is 4.79. The molecule has 0 saturated heterocycles. The molecule has 0 bridgehead atoms. The standard InChI is InChI=1S/C22H15Br2N3O2S2/c1-29-19-14(10-12(23)11-15(19)24)20(28)27-22(30)26-16-7-3-2-6-13(16)21-25-17-8-4-5-9-18(17)31-21/h2-11H,1H3,(H2,26,27,28,30). The summed E-state index contributed by atoms with van der Waals surface area (Å²) in [4.78, 5) is 17.6. The summed E-state index contributed by atoms with van der Waals surface area (Å²) in [5.41, 5.74) is 2.96. The van der Waals surface area contributed by atoms with Crippen LogP contribution in [0.5, 0.6) is 5.75 Å². The summed E-state index contributed by atoms with van der Waals surface area (Å²) in [6.07, 6.45) is 0. The molecule has 2 N–H and O–H groups in total. The van der Waals surface area contributed by atoms with E-state index in [1.807, 2.05) is 48.5 Å². The third-order valence-corrected chi connectivity index (χ3v) is 6.70. The molecule has 0 saturated carbocycles. The van der Waals surface area contributed by atoms with Crippen LogP contribution in [0.25, 0.3) is 20.8 Å². The van der Waals surface area contributed by atoms with Gasteiger partial charge in [-0.15, -0.1) is 11.3 Å². The van der Waals surface area contributed by atoms with Crippen molar-refractivity contribution in [2.45, 2.75) is 0 Å². The number of aromatic nitrogens is 1. The van der Waals surface area contributed by atoms with Crippen LogP contribution in [0.1, 0.15) is 10.4 Å². The zero-order valence-electron chi connectivity index (χ0n) is 16.1. The van der Waals surface area contributed by atoms with Crippen LogP contribution in [0.4, 0.5) is 5.69 Å². The molecule has 1 heterocycles. The summed E-state index contributed by atoms with van der Waals surface area (Å²) >= 11 is 13.8. The summed E-state index contributed by atoms with van der Waals surface area (Å²) < 4.78 is 7.87. The third-order valence-electron chi connectivity index (χ3n) is 4.38. The first-order valence-electron chi connectivity index (χ1n) is 9.06. The van der Waals surface area contributed by atoms with Crippen molar-refractivity contribution in [3.05, 3.63) is 75.2 Å². The number of hydrogen-bond acceptors (Lipinski definition) is 5. The van der Waals surface area contributed by atoms with E-state index in [0.717, 1.165) is 30.9 Å². The number of rotatable bonds is 4. The lowest BCUT2D eigenvalue weighted by molar-refractivity contribution is 0.0974. The Hall–Kier alpha value is -2.33. The van der Waals surface area contributed by atoms with Gasteiger partial charge < -0.3 is 10.1 Å². The second-order valence-electron chi connectivity index (χ2n) is 6.41. The molecular formula is C22H15Br2N3O2S2. The smallest absolute Gasteiger partial charge is 0.261 e. The van der Waals surface area contributed by atoms with Gasteiger partial charge in [-0.1, -0.05) is 40.2 Å². The number of fused-ring (bicyclic) bond motifs is 1. The SMILES string of the molecule is COc1c(Br)cc(Br)cc1C(=O)NC(=S)Nc1ccccc1-c1nc2ccccc2s1. The van der Waals surface area contributed by atoms with Crippen LogP contribution in [0, 0.1) is 0 Å². The van der Waals surface area contributed by atoms with Crippen molar-refractivity contribution in [1.82, 2.24) is 10.3 Å². The number of thiocarbonyl (C=S) groups is 1. The molecule has 9 heteroatoms. The Labute approximate surface area is 205 Å². The van der Waals surface area contributed by atoms with E-state index < -0.39 is 0 Å². The number of hydrogen-bond donors (Lipinski definition) is 2. The number of carbonyl (C=O) groups excluding carboxylic acids is 1. The minimum Gasteiger partial charge on any atom is -0.495 e. The normalized spacial score (nSPS) is 10.7. The lowest BCUT2D eigenvalue weighted by Crippen LogP contribution is -2.34. The van der Waals surface area contributed by atoms with Gasteiger partial charge in [-0.05, 0) is 64.5 Å². The molecule has 4 aromatic rings. The average molecular weight is 577 g/mol. The average Bonchev–Trinajstić information content (AvgIpc) is 3.17. The van der Waals surface area contributed by atoms with Crippen molar-refractivity contribution in [3.63, 3.8) is 0 Å². The maximum atomic E-state index is 12.8. The van der Waals surface area contributed by atoms with Crippen LogP contribution in [0.15, 0.2) is 69.6 Å². The molecule has 0 unspecified atom stereocenters. The maximum Gasteiger partial charge on any atom is 0.261 e. The highest BCUT2D eigenvalue weighted by Gasteiger charge is 2.18. The molecule has 0 aliphatic heterocycles. The van der Waals surface area contributed by atoms with Gasteiger partial charge >= 0.3 is 0 Å². The molecule has 5 nitrogen and oxygen atoms in total. The minimum absolute atomic E-state index is 0.178. The first-order valence-corrected chi connectivity index (χ1v) is 11.9. The fourth-order valence-corrected chi connectivity index (χ4v) is 5.62. The fourth-order valence-electron chi connectivity index (χ4n) is 3.03. The maximum absolute atomic E-state index is 12.8. The van der Waals surface area contributed by atoms with Gasteiger partial charge in [0.05, 0.1) is 33.0 Å². The van der Waals surface area contributed by atoms with Crippen LogP contribution in [-0.4, -0.2) is 23.1 Å². The topological polar surface area (TPSA) is 63.2 Å². The predicted molar refractivity (Wildman–Crippen MR) is 137 cm³/mol. The van der Waals surface area contributed by atoms with Gasteiger partial charge in [0.1, 0.15) is 10.8 Å². The van der Waals surface area contributed by atoms with Gasteiger partial charge in [-0.3, -0.25) is 10.1 Å². The van der Waals surface area contributed by atoms with Gasteiger partial charge in [0.2, 0.25) is 0 Å². The first kappa shape index (κ1) is 21.9. The van der Waals surface area contributed by atoms with Crippen molar-refractivity contribution in [3.8, 4) is 16.3 Å². The highest BCUT2D eigenvalue weighted by Crippen LogP contribution is 2.35. The van der Waals surface area contributed by atoms with Crippen molar-refractivity contribution in [2.24, 2.45) is 0 Å². The van der Waals surface area contributed by atoms with E-state index in [1.54, 1.807) is 23.5 Å². The van der Waals surface area contributed by atoms with Gasteiger partial charge in [0.15, 0.2) is 5.11 Å². The van der Waals surface area contributed by atoms with E-state index in [9.17, 15) is 4.79 Å². The van der Waals surface area contributed by atoms with Crippen molar-refractivity contribution in [1.29, 1.82) is 0 Å².